The van der Waals surface area contributed by atoms with Crippen molar-refractivity contribution in [2.24, 2.45) is 11.8 Å². The quantitative estimate of drug-likeness (QED) is 0.729. The van der Waals surface area contributed by atoms with Gasteiger partial charge in [0, 0.05) is 29.8 Å². The summed E-state index contributed by atoms with van der Waals surface area (Å²) in [5.41, 5.74) is 2.26. The average Bonchev–Trinajstić information content (AvgIpc) is 3.58. The van der Waals surface area contributed by atoms with E-state index >= 15 is 0 Å². The third-order valence-corrected chi connectivity index (χ3v) is 7.35. The molecule has 8 nitrogen and oxygen atoms in total. The fraction of sp³-hybridized carbons (Fsp3) is 0.520. The van der Waals surface area contributed by atoms with Gasteiger partial charge in [0.15, 0.2) is 5.78 Å². The predicted octanol–water partition coefficient (Wildman–Crippen LogP) is 2.57. The van der Waals surface area contributed by atoms with Gasteiger partial charge >= 0.3 is 0 Å². The molecule has 2 amide bonds. The molecular formula is C25H30N4O4. The maximum Gasteiger partial charge on any atom is 0.251 e. The van der Waals surface area contributed by atoms with E-state index in [1.54, 1.807) is 23.4 Å². The topological polar surface area (TPSA) is 104 Å². The Labute approximate surface area is 193 Å². The molecule has 1 aromatic carbocycles. The van der Waals surface area contributed by atoms with Crippen molar-refractivity contribution in [3.05, 3.63) is 42.2 Å². The van der Waals surface area contributed by atoms with Crippen LogP contribution in [-0.4, -0.2) is 64.0 Å². The van der Waals surface area contributed by atoms with E-state index in [9.17, 15) is 14.4 Å². The molecule has 3 fully saturated rings. The number of hydrogen-bond acceptors (Lipinski definition) is 5. The number of carbonyl (C=O) groups excluding carboxylic acids is 3. The summed E-state index contributed by atoms with van der Waals surface area (Å²) in [7, 11) is 0. The number of ketones is 1. The molecule has 2 N–H and O–H groups in total. The van der Waals surface area contributed by atoms with E-state index < -0.39 is 12.1 Å². The van der Waals surface area contributed by atoms with Gasteiger partial charge in [0.25, 0.3) is 5.91 Å². The Bertz CT molecular complexity index is 1030. The lowest BCUT2D eigenvalue weighted by Crippen LogP contribution is -2.55. The summed E-state index contributed by atoms with van der Waals surface area (Å²) in [5, 5.41) is 9.82. The Morgan fingerprint density at radius 1 is 1.21 bits per heavy atom. The van der Waals surface area contributed by atoms with Crippen LogP contribution in [0.3, 0.4) is 0 Å². The molecule has 1 saturated carbocycles. The number of nitrogens with zero attached hydrogens (tertiary/aromatic N) is 2. The molecule has 0 radical (unpaired) electrons. The summed E-state index contributed by atoms with van der Waals surface area (Å²) >= 11 is 0. The van der Waals surface area contributed by atoms with Gasteiger partial charge in [0.2, 0.25) is 5.91 Å². The van der Waals surface area contributed by atoms with Crippen molar-refractivity contribution < 1.29 is 19.1 Å². The van der Waals surface area contributed by atoms with Crippen LogP contribution in [0.25, 0.3) is 11.1 Å². The number of fused-ring (bicyclic) bond motifs is 1. The highest BCUT2D eigenvalue weighted by Gasteiger charge is 2.52. The first-order valence-electron chi connectivity index (χ1n) is 11.9. The van der Waals surface area contributed by atoms with E-state index in [1.165, 1.54) is 0 Å². The molecule has 8 heteroatoms. The number of likely N-dealkylation sites (tertiary alicyclic amines) is 1. The average molecular weight is 451 g/mol. The smallest absolute Gasteiger partial charge is 0.251 e. The third-order valence-electron chi connectivity index (χ3n) is 7.35. The minimum atomic E-state index is -0.644. The van der Waals surface area contributed by atoms with Crippen molar-refractivity contribution >= 4 is 17.6 Å². The van der Waals surface area contributed by atoms with Crippen molar-refractivity contribution in [2.45, 2.75) is 57.2 Å². The van der Waals surface area contributed by atoms with Gasteiger partial charge in [-0.3, -0.25) is 19.5 Å². The summed E-state index contributed by atoms with van der Waals surface area (Å²) in [4.78, 5) is 41.3. The molecular weight excluding hydrogens is 420 g/mol. The normalized spacial score (nSPS) is 26.3. The molecule has 0 spiro atoms. The fourth-order valence-corrected chi connectivity index (χ4v) is 5.62. The Hall–Kier alpha value is -3.00. The number of nitrogens with one attached hydrogen (secondary N) is 2. The number of ether oxygens (including phenoxy) is 1. The Balaban J connectivity index is 1.39. The standard InChI is InChI=1S/C25H30N4O4/c1-15-13-29(22-20(30)14-33-23(15)22)25(32)21(16-6-3-2-4-7-16)28-24(31)18-9-5-8-17(10-18)19-11-26-27-12-19/h5,8-12,15-16,21-23H,2-4,6-7,13-14H2,1H3,(H,26,27)(H,28,31)/t15-,21-,22+,23+/m0/s1. The first-order chi connectivity index (χ1) is 16.0. The molecule has 4 atom stereocenters. The number of amides is 2. The number of aromatic nitrogens is 2. The van der Waals surface area contributed by atoms with Crippen LogP contribution in [0, 0.1) is 11.8 Å². The van der Waals surface area contributed by atoms with Crippen LogP contribution in [0.1, 0.15) is 49.4 Å². The van der Waals surface area contributed by atoms with E-state index in [2.05, 4.69) is 15.5 Å². The molecule has 2 aliphatic heterocycles. The van der Waals surface area contributed by atoms with Crippen LogP contribution in [-0.2, 0) is 14.3 Å². The number of hydrogen-bond donors (Lipinski definition) is 2. The van der Waals surface area contributed by atoms with E-state index in [-0.39, 0.29) is 42.1 Å². The Kier molecular flexibility index (Phi) is 6.01. The zero-order valence-corrected chi connectivity index (χ0v) is 18.8. The molecule has 0 unspecified atom stereocenters. The third kappa shape index (κ3) is 4.19. The van der Waals surface area contributed by atoms with Crippen LogP contribution in [0.15, 0.2) is 36.7 Å². The first kappa shape index (κ1) is 21.8. The summed E-state index contributed by atoms with van der Waals surface area (Å²) < 4.78 is 5.67. The van der Waals surface area contributed by atoms with Gasteiger partial charge < -0.3 is 15.0 Å². The number of H-pyrrole nitrogens is 1. The minimum Gasteiger partial charge on any atom is -0.367 e. The maximum absolute atomic E-state index is 13.8. The summed E-state index contributed by atoms with van der Waals surface area (Å²) in [6, 6.07) is 6.14. The molecule has 1 aliphatic carbocycles. The van der Waals surface area contributed by atoms with Crippen molar-refractivity contribution in [1.29, 1.82) is 0 Å². The molecule has 3 heterocycles. The largest absolute Gasteiger partial charge is 0.367 e. The Morgan fingerprint density at radius 3 is 2.79 bits per heavy atom. The van der Waals surface area contributed by atoms with Gasteiger partial charge in [-0.05, 0) is 36.5 Å². The number of benzene rings is 1. The molecule has 2 aromatic rings. The highest BCUT2D eigenvalue weighted by molar-refractivity contribution is 6.00. The van der Waals surface area contributed by atoms with Gasteiger partial charge in [-0.15, -0.1) is 0 Å². The Morgan fingerprint density at radius 2 is 2.03 bits per heavy atom. The lowest BCUT2D eigenvalue weighted by atomic mass is 9.83. The maximum atomic E-state index is 13.8. The molecule has 33 heavy (non-hydrogen) atoms. The molecule has 174 valence electrons. The second-order valence-corrected chi connectivity index (χ2v) is 9.57. The van der Waals surface area contributed by atoms with E-state index in [1.807, 2.05) is 25.1 Å². The summed E-state index contributed by atoms with van der Waals surface area (Å²) in [6.07, 6.45) is 8.27. The van der Waals surface area contributed by atoms with Gasteiger partial charge in [-0.2, -0.15) is 5.10 Å². The molecule has 3 aliphatic rings. The van der Waals surface area contributed by atoms with E-state index in [4.69, 9.17) is 4.74 Å². The molecule has 0 bridgehead atoms. The zero-order valence-electron chi connectivity index (χ0n) is 18.8. The first-order valence-corrected chi connectivity index (χ1v) is 11.9. The second-order valence-electron chi connectivity index (χ2n) is 9.57. The second kappa shape index (κ2) is 9.09. The monoisotopic (exact) mass is 450 g/mol. The van der Waals surface area contributed by atoms with Crippen molar-refractivity contribution in [1.82, 2.24) is 20.4 Å². The van der Waals surface area contributed by atoms with Gasteiger partial charge in [-0.1, -0.05) is 38.3 Å². The van der Waals surface area contributed by atoms with Crippen LogP contribution in [0.2, 0.25) is 0 Å². The van der Waals surface area contributed by atoms with Crippen LogP contribution >= 0.6 is 0 Å². The van der Waals surface area contributed by atoms with Crippen molar-refractivity contribution in [3.8, 4) is 11.1 Å². The van der Waals surface area contributed by atoms with E-state index in [0.29, 0.717) is 12.1 Å². The number of aromatic amines is 1. The van der Waals surface area contributed by atoms with Crippen molar-refractivity contribution in [2.75, 3.05) is 13.2 Å². The fourth-order valence-electron chi connectivity index (χ4n) is 5.62. The SMILES string of the molecule is C[C@H]1CN(C(=O)[C@@H](NC(=O)c2cccc(-c3cn[nH]c3)c2)C2CCCCC2)[C@@H]2C(=O)CO[C@@H]21. The molecule has 2 saturated heterocycles. The van der Waals surface area contributed by atoms with Crippen molar-refractivity contribution in [3.63, 3.8) is 0 Å². The van der Waals surface area contributed by atoms with Gasteiger partial charge in [0.05, 0.1) is 12.3 Å². The van der Waals surface area contributed by atoms with Gasteiger partial charge in [0.1, 0.15) is 18.7 Å². The van der Waals surface area contributed by atoms with Gasteiger partial charge in [-0.25, -0.2) is 0 Å². The highest BCUT2D eigenvalue weighted by atomic mass is 16.5. The summed E-state index contributed by atoms with van der Waals surface area (Å²) in [5.74, 6) is -0.306. The predicted molar refractivity (Wildman–Crippen MR) is 121 cm³/mol. The molecule has 1 aromatic heterocycles. The minimum absolute atomic E-state index is 0.0424. The number of rotatable bonds is 5. The zero-order chi connectivity index (χ0) is 22.9. The number of Topliss-reactive ketones (excluding diaryl/α,β-unsaturated/α-hetero) is 1. The lowest BCUT2D eigenvalue weighted by Gasteiger charge is -2.34. The van der Waals surface area contributed by atoms with Crippen LogP contribution in [0.4, 0.5) is 0 Å². The summed E-state index contributed by atoms with van der Waals surface area (Å²) in [6.45, 7) is 2.55. The highest BCUT2D eigenvalue weighted by Crippen LogP contribution is 2.34. The lowest BCUT2D eigenvalue weighted by molar-refractivity contribution is -0.139. The molecule has 5 rings (SSSR count). The van der Waals surface area contributed by atoms with Crippen LogP contribution in [0.5, 0.6) is 0 Å². The van der Waals surface area contributed by atoms with E-state index in [0.717, 1.165) is 43.2 Å². The van der Waals surface area contributed by atoms with Crippen LogP contribution < -0.4 is 5.32 Å². The number of carbonyl (C=O) groups is 3.